The van der Waals surface area contributed by atoms with Crippen LogP contribution in [0.5, 0.6) is 0 Å². The molecule has 0 aromatic carbocycles. The lowest BCUT2D eigenvalue weighted by Gasteiger charge is -2.13. The van der Waals surface area contributed by atoms with Crippen molar-refractivity contribution in [1.82, 2.24) is 4.90 Å². The molecule has 14 heavy (non-hydrogen) atoms. The van der Waals surface area contributed by atoms with Gasteiger partial charge in [-0.15, -0.1) is 11.3 Å². The molecule has 0 unspecified atom stereocenters. The third kappa shape index (κ3) is 1.51. The average molecular weight is 206 g/mol. The number of nitriles is 1. The molecule has 0 saturated carbocycles. The monoisotopic (exact) mass is 206 g/mol. The van der Waals surface area contributed by atoms with Crippen molar-refractivity contribution in [3.8, 4) is 6.07 Å². The minimum atomic E-state index is 0.0142. The maximum absolute atomic E-state index is 11.9. The standard InChI is InChI=1S/C10H10N2OS/c11-7-9-8(3-6-14-9)10(13)12-4-1-2-5-12/h3,6H,1-2,4-5H2. The number of thiophene rings is 1. The molecule has 4 heteroatoms. The highest BCUT2D eigenvalue weighted by Gasteiger charge is 2.22. The third-order valence-corrected chi connectivity index (χ3v) is 3.21. The Balaban J connectivity index is 2.22. The van der Waals surface area contributed by atoms with Crippen molar-refractivity contribution in [3.05, 3.63) is 21.9 Å². The summed E-state index contributed by atoms with van der Waals surface area (Å²) in [7, 11) is 0. The summed E-state index contributed by atoms with van der Waals surface area (Å²) in [4.78, 5) is 14.2. The second-order valence-corrected chi connectivity index (χ2v) is 4.19. The molecule has 2 heterocycles. The van der Waals surface area contributed by atoms with Crippen molar-refractivity contribution in [2.45, 2.75) is 12.8 Å². The Morgan fingerprint density at radius 3 is 2.86 bits per heavy atom. The van der Waals surface area contributed by atoms with Gasteiger partial charge in [0.15, 0.2) is 0 Å². The van der Waals surface area contributed by atoms with E-state index in [9.17, 15) is 4.79 Å². The molecule has 1 amide bonds. The van der Waals surface area contributed by atoms with E-state index in [4.69, 9.17) is 5.26 Å². The fourth-order valence-electron chi connectivity index (χ4n) is 1.65. The maximum Gasteiger partial charge on any atom is 0.256 e. The van der Waals surface area contributed by atoms with Crippen LogP contribution in [0.4, 0.5) is 0 Å². The van der Waals surface area contributed by atoms with Gasteiger partial charge in [-0.25, -0.2) is 0 Å². The van der Waals surface area contributed by atoms with E-state index in [2.05, 4.69) is 6.07 Å². The Labute approximate surface area is 86.6 Å². The highest BCUT2D eigenvalue weighted by molar-refractivity contribution is 7.10. The zero-order chi connectivity index (χ0) is 9.97. The number of carbonyl (C=O) groups excluding carboxylic acids is 1. The summed E-state index contributed by atoms with van der Waals surface area (Å²) in [6.45, 7) is 1.67. The Morgan fingerprint density at radius 1 is 1.50 bits per heavy atom. The number of nitrogens with zero attached hydrogens (tertiary/aromatic N) is 2. The summed E-state index contributed by atoms with van der Waals surface area (Å²) in [5.74, 6) is 0.0142. The third-order valence-electron chi connectivity index (χ3n) is 2.39. The molecule has 2 rings (SSSR count). The van der Waals surface area contributed by atoms with Gasteiger partial charge in [0.1, 0.15) is 10.9 Å². The molecule has 0 atom stereocenters. The van der Waals surface area contributed by atoms with Crippen molar-refractivity contribution in [2.24, 2.45) is 0 Å². The lowest BCUT2D eigenvalue weighted by molar-refractivity contribution is 0.0793. The molecule has 0 radical (unpaired) electrons. The van der Waals surface area contributed by atoms with E-state index < -0.39 is 0 Å². The summed E-state index contributed by atoms with van der Waals surface area (Å²) in [6.07, 6.45) is 2.16. The van der Waals surface area contributed by atoms with Crippen LogP contribution in [0.1, 0.15) is 28.1 Å². The van der Waals surface area contributed by atoms with Crippen molar-refractivity contribution >= 4 is 17.2 Å². The number of carbonyl (C=O) groups is 1. The van der Waals surface area contributed by atoms with Crippen molar-refractivity contribution in [3.63, 3.8) is 0 Å². The van der Waals surface area contributed by atoms with Gasteiger partial charge in [0, 0.05) is 13.1 Å². The minimum Gasteiger partial charge on any atom is -0.339 e. The van der Waals surface area contributed by atoms with Gasteiger partial charge in [-0.1, -0.05) is 0 Å². The number of amides is 1. The molecule has 0 spiro atoms. The Hall–Kier alpha value is -1.34. The molecular formula is C10H10N2OS. The van der Waals surface area contributed by atoms with E-state index in [1.807, 2.05) is 4.90 Å². The van der Waals surface area contributed by atoms with Crippen LogP contribution in [0.3, 0.4) is 0 Å². The van der Waals surface area contributed by atoms with Crippen molar-refractivity contribution in [1.29, 1.82) is 5.26 Å². The summed E-state index contributed by atoms with van der Waals surface area (Å²) in [6, 6.07) is 3.79. The Morgan fingerprint density at radius 2 is 2.21 bits per heavy atom. The first-order valence-electron chi connectivity index (χ1n) is 4.60. The molecule has 1 aromatic heterocycles. The van der Waals surface area contributed by atoms with Gasteiger partial charge in [0.05, 0.1) is 5.56 Å². The highest BCUT2D eigenvalue weighted by atomic mass is 32.1. The van der Waals surface area contributed by atoms with Crippen LogP contribution in [-0.2, 0) is 0 Å². The van der Waals surface area contributed by atoms with Gasteiger partial charge in [-0.05, 0) is 24.3 Å². The second-order valence-electron chi connectivity index (χ2n) is 3.27. The normalized spacial score (nSPS) is 15.5. The van der Waals surface area contributed by atoms with Crippen LogP contribution in [0, 0.1) is 11.3 Å². The van der Waals surface area contributed by atoms with Gasteiger partial charge < -0.3 is 4.90 Å². The smallest absolute Gasteiger partial charge is 0.256 e. The van der Waals surface area contributed by atoms with Crippen LogP contribution in [0.2, 0.25) is 0 Å². The van der Waals surface area contributed by atoms with E-state index in [-0.39, 0.29) is 5.91 Å². The van der Waals surface area contributed by atoms with Gasteiger partial charge in [0.2, 0.25) is 0 Å². The summed E-state index contributed by atoms with van der Waals surface area (Å²) in [5.41, 5.74) is 0.569. The highest BCUT2D eigenvalue weighted by Crippen LogP contribution is 2.19. The van der Waals surface area contributed by atoms with Crippen LogP contribution >= 0.6 is 11.3 Å². The van der Waals surface area contributed by atoms with Crippen LogP contribution in [0.15, 0.2) is 11.4 Å². The molecule has 1 aromatic rings. The molecule has 72 valence electrons. The number of hydrogen-bond acceptors (Lipinski definition) is 3. The summed E-state index contributed by atoms with van der Waals surface area (Å²) in [5, 5.41) is 10.6. The largest absolute Gasteiger partial charge is 0.339 e. The Kier molecular flexibility index (Phi) is 2.51. The lowest BCUT2D eigenvalue weighted by Crippen LogP contribution is -2.27. The lowest BCUT2D eigenvalue weighted by atomic mass is 10.2. The zero-order valence-electron chi connectivity index (χ0n) is 7.69. The molecule has 0 N–H and O–H groups in total. The predicted octanol–water partition coefficient (Wildman–Crippen LogP) is 1.86. The van der Waals surface area contributed by atoms with E-state index >= 15 is 0 Å². The predicted molar refractivity (Wildman–Crippen MR) is 54.2 cm³/mol. The molecule has 1 saturated heterocycles. The van der Waals surface area contributed by atoms with Crippen molar-refractivity contribution < 1.29 is 4.79 Å². The second kappa shape index (κ2) is 3.81. The van der Waals surface area contributed by atoms with E-state index in [1.165, 1.54) is 11.3 Å². The van der Waals surface area contributed by atoms with Gasteiger partial charge >= 0.3 is 0 Å². The maximum atomic E-state index is 11.9. The first-order valence-corrected chi connectivity index (χ1v) is 5.48. The minimum absolute atomic E-state index is 0.0142. The number of likely N-dealkylation sites (tertiary alicyclic amines) is 1. The fourth-order valence-corrected chi connectivity index (χ4v) is 2.33. The quantitative estimate of drug-likeness (QED) is 0.704. The SMILES string of the molecule is N#Cc1sccc1C(=O)N1CCCC1. The molecule has 1 fully saturated rings. The van der Waals surface area contributed by atoms with Crippen molar-refractivity contribution in [2.75, 3.05) is 13.1 Å². The van der Waals surface area contributed by atoms with Crippen LogP contribution in [0.25, 0.3) is 0 Å². The summed E-state index contributed by atoms with van der Waals surface area (Å²) < 4.78 is 0. The van der Waals surface area contributed by atoms with E-state index in [0.29, 0.717) is 10.4 Å². The fraction of sp³-hybridized carbons (Fsp3) is 0.400. The molecule has 1 aliphatic rings. The van der Waals surface area contributed by atoms with E-state index in [0.717, 1.165) is 25.9 Å². The van der Waals surface area contributed by atoms with E-state index in [1.54, 1.807) is 11.4 Å². The van der Waals surface area contributed by atoms with Gasteiger partial charge in [-0.3, -0.25) is 4.79 Å². The average Bonchev–Trinajstić information content (AvgIpc) is 2.87. The molecular weight excluding hydrogens is 196 g/mol. The topological polar surface area (TPSA) is 44.1 Å². The molecule has 0 bridgehead atoms. The summed E-state index contributed by atoms with van der Waals surface area (Å²) >= 11 is 1.33. The molecule has 3 nitrogen and oxygen atoms in total. The first kappa shape index (κ1) is 9.22. The van der Waals surface area contributed by atoms with Gasteiger partial charge in [0.25, 0.3) is 5.91 Å². The molecule has 0 aliphatic carbocycles. The molecule has 1 aliphatic heterocycles. The van der Waals surface area contributed by atoms with Gasteiger partial charge in [-0.2, -0.15) is 5.26 Å². The van der Waals surface area contributed by atoms with Crippen LogP contribution in [-0.4, -0.2) is 23.9 Å². The Bertz CT molecular complexity index is 385. The first-order chi connectivity index (χ1) is 6.83. The number of hydrogen-bond donors (Lipinski definition) is 0. The van der Waals surface area contributed by atoms with Crippen LogP contribution < -0.4 is 0 Å². The zero-order valence-corrected chi connectivity index (χ0v) is 8.51. The number of rotatable bonds is 1.